The molecule has 0 aliphatic rings. The van der Waals surface area contributed by atoms with E-state index in [9.17, 15) is 0 Å². The maximum absolute atomic E-state index is 5.92. The lowest BCUT2D eigenvalue weighted by molar-refractivity contribution is 0.131. The highest BCUT2D eigenvalue weighted by atomic mass is 16.5. The van der Waals surface area contributed by atoms with Crippen molar-refractivity contribution in [2.75, 3.05) is 0 Å². The Morgan fingerprint density at radius 3 is 1.86 bits per heavy atom. The molecule has 0 aromatic heterocycles. The topological polar surface area (TPSA) is 9.23 Å². The Bertz CT molecular complexity index is 417. The monoisotopic (exact) mass is 290 g/mol. The second-order valence-corrected chi connectivity index (χ2v) is 8.54. The van der Waals surface area contributed by atoms with E-state index < -0.39 is 0 Å². The first-order chi connectivity index (χ1) is 9.52. The number of ether oxygens (including phenoxy) is 1. The normalized spacial score (nSPS) is 15.6. The maximum Gasteiger partial charge on any atom is 0.120 e. The Morgan fingerprint density at radius 2 is 1.48 bits per heavy atom. The number of rotatable bonds is 5. The van der Waals surface area contributed by atoms with Gasteiger partial charge in [0.1, 0.15) is 11.4 Å². The summed E-state index contributed by atoms with van der Waals surface area (Å²) in [6.45, 7) is 17.9. The summed E-state index contributed by atoms with van der Waals surface area (Å²) in [5, 5.41) is 0. The van der Waals surface area contributed by atoms with Crippen molar-refractivity contribution in [1.29, 1.82) is 0 Å². The Hall–Kier alpha value is -0.980. The predicted molar refractivity (Wildman–Crippen MR) is 93.1 cm³/mol. The molecule has 0 radical (unpaired) electrons. The highest BCUT2D eigenvalue weighted by molar-refractivity contribution is 5.30. The van der Waals surface area contributed by atoms with Crippen molar-refractivity contribution >= 4 is 0 Å². The molecule has 1 nitrogen and oxygen atoms in total. The number of benzene rings is 1. The average Bonchev–Trinajstić information content (AvgIpc) is 2.33. The molecule has 0 aliphatic carbocycles. The first-order valence-corrected chi connectivity index (χ1v) is 8.31. The van der Waals surface area contributed by atoms with Crippen LogP contribution in [0.2, 0.25) is 0 Å². The van der Waals surface area contributed by atoms with Crippen LogP contribution in [0.4, 0.5) is 0 Å². The molecule has 0 amide bonds. The van der Waals surface area contributed by atoms with Crippen LogP contribution in [0, 0.1) is 11.3 Å². The molecule has 2 unspecified atom stereocenters. The lowest BCUT2D eigenvalue weighted by atomic mass is 9.75. The van der Waals surface area contributed by atoms with Crippen molar-refractivity contribution in [3.05, 3.63) is 29.8 Å². The zero-order chi connectivity index (χ0) is 16.3. The fourth-order valence-electron chi connectivity index (χ4n) is 2.73. The zero-order valence-corrected chi connectivity index (χ0v) is 15.3. The molecule has 1 rings (SSSR count). The molecular weight excluding hydrogens is 256 g/mol. The molecule has 1 aromatic rings. The largest absolute Gasteiger partial charge is 0.488 e. The minimum atomic E-state index is -0.136. The van der Waals surface area contributed by atoms with Gasteiger partial charge in [0.2, 0.25) is 0 Å². The van der Waals surface area contributed by atoms with Crippen LogP contribution in [0.1, 0.15) is 79.7 Å². The third-order valence-corrected chi connectivity index (χ3v) is 3.90. The van der Waals surface area contributed by atoms with E-state index in [1.54, 1.807) is 0 Å². The van der Waals surface area contributed by atoms with E-state index in [-0.39, 0.29) is 5.60 Å². The van der Waals surface area contributed by atoms with Gasteiger partial charge >= 0.3 is 0 Å². The van der Waals surface area contributed by atoms with Gasteiger partial charge in [-0.15, -0.1) is 0 Å². The van der Waals surface area contributed by atoms with E-state index in [0.717, 1.165) is 5.75 Å². The molecule has 21 heavy (non-hydrogen) atoms. The minimum absolute atomic E-state index is 0.136. The second kappa shape index (κ2) is 6.85. The fourth-order valence-corrected chi connectivity index (χ4v) is 2.73. The van der Waals surface area contributed by atoms with Crippen LogP contribution in [-0.4, -0.2) is 5.60 Å². The molecule has 0 N–H and O–H groups in total. The summed E-state index contributed by atoms with van der Waals surface area (Å²) < 4.78 is 5.92. The molecule has 120 valence electrons. The van der Waals surface area contributed by atoms with Crippen LogP contribution in [0.25, 0.3) is 0 Å². The van der Waals surface area contributed by atoms with Gasteiger partial charge in [0.25, 0.3) is 0 Å². The molecule has 0 saturated heterocycles. The number of hydrogen-bond donors (Lipinski definition) is 0. The molecule has 0 spiro atoms. The van der Waals surface area contributed by atoms with E-state index in [0.29, 0.717) is 17.3 Å². The fraction of sp³-hybridized carbons (Fsp3) is 0.700. The van der Waals surface area contributed by atoms with Crippen molar-refractivity contribution in [3.8, 4) is 5.75 Å². The van der Waals surface area contributed by atoms with Crippen LogP contribution < -0.4 is 4.74 Å². The maximum atomic E-state index is 5.92. The molecule has 0 bridgehead atoms. The quantitative estimate of drug-likeness (QED) is 0.607. The van der Waals surface area contributed by atoms with Crippen LogP contribution in [0.3, 0.4) is 0 Å². The zero-order valence-electron chi connectivity index (χ0n) is 15.3. The summed E-state index contributed by atoms with van der Waals surface area (Å²) in [5.41, 5.74) is 1.66. The van der Waals surface area contributed by atoms with Crippen LogP contribution >= 0.6 is 0 Å². The molecule has 0 heterocycles. The van der Waals surface area contributed by atoms with Crippen LogP contribution in [-0.2, 0) is 0 Å². The van der Waals surface area contributed by atoms with Gasteiger partial charge in [-0.25, -0.2) is 0 Å². The third-order valence-electron chi connectivity index (χ3n) is 3.90. The Labute approximate surface area is 132 Å². The molecule has 0 aliphatic heterocycles. The van der Waals surface area contributed by atoms with Gasteiger partial charge in [0.05, 0.1) is 0 Å². The molecule has 1 heteroatoms. The Balaban J connectivity index is 2.93. The van der Waals surface area contributed by atoms with Crippen molar-refractivity contribution in [3.63, 3.8) is 0 Å². The second-order valence-electron chi connectivity index (χ2n) is 8.54. The summed E-state index contributed by atoms with van der Waals surface area (Å²) in [6, 6.07) is 8.75. The van der Waals surface area contributed by atoms with E-state index in [2.05, 4.69) is 79.7 Å². The highest BCUT2D eigenvalue weighted by Crippen LogP contribution is 2.38. The molecule has 0 fully saturated rings. The van der Waals surface area contributed by atoms with Gasteiger partial charge < -0.3 is 4.74 Å². The highest BCUT2D eigenvalue weighted by Gasteiger charge is 2.24. The van der Waals surface area contributed by atoms with Crippen molar-refractivity contribution in [2.45, 2.75) is 79.8 Å². The van der Waals surface area contributed by atoms with Gasteiger partial charge in [-0.1, -0.05) is 53.2 Å². The lowest BCUT2D eigenvalue weighted by Gasteiger charge is -2.31. The number of hydrogen-bond acceptors (Lipinski definition) is 1. The molecule has 0 saturated carbocycles. The SMILES string of the molecule is CCC(C)C(CC(C)(C)C)c1ccc(OC(C)(C)C)cc1. The average molecular weight is 290 g/mol. The van der Waals surface area contributed by atoms with Crippen LogP contribution in [0.5, 0.6) is 5.75 Å². The molecule has 2 atom stereocenters. The summed E-state index contributed by atoms with van der Waals surface area (Å²) in [5.74, 6) is 2.29. The van der Waals surface area contributed by atoms with Gasteiger partial charge in [-0.05, 0) is 62.1 Å². The van der Waals surface area contributed by atoms with E-state index >= 15 is 0 Å². The first-order valence-electron chi connectivity index (χ1n) is 8.31. The Kier molecular flexibility index (Phi) is 5.90. The molecular formula is C20H34O. The third kappa shape index (κ3) is 6.54. The molecule has 1 aromatic carbocycles. The lowest BCUT2D eigenvalue weighted by Crippen LogP contribution is -2.23. The predicted octanol–water partition coefficient (Wildman–Crippen LogP) is 6.43. The summed E-state index contributed by atoms with van der Waals surface area (Å²) in [6.07, 6.45) is 2.45. The van der Waals surface area contributed by atoms with Crippen molar-refractivity contribution < 1.29 is 4.74 Å². The van der Waals surface area contributed by atoms with Gasteiger partial charge in [0, 0.05) is 0 Å². The smallest absolute Gasteiger partial charge is 0.120 e. The van der Waals surface area contributed by atoms with E-state index in [4.69, 9.17) is 4.74 Å². The van der Waals surface area contributed by atoms with Crippen LogP contribution in [0.15, 0.2) is 24.3 Å². The van der Waals surface area contributed by atoms with Crippen molar-refractivity contribution in [2.24, 2.45) is 11.3 Å². The van der Waals surface area contributed by atoms with Crippen molar-refractivity contribution in [1.82, 2.24) is 0 Å². The van der Waals surface area contributed by atoms with Gasteiger partial charge in [0.15, 0.2) is 0 Å². The summed E-state index contributed by atoms with van der Waals surface area (Å²) >= 11 is 0. The first kappa shape index (κ1) is 18.1. The van der Waals surface area contributed by atoms with E-state index in [1.807, 2.05) is 0 Å². The Morgan fingerprint density at radius 1 is 0.952 bits per heavy atom. The van der Waals surface area contributed by atoms with Gasteiger partial charge in [-0.2, -0.15) is 0 Å². The standard InChI is InChI=1S/C20H34O/c1-9-15(2)18(14-19(3,4)5)16-10-12-17(13-11-16)21-20(6,7)8/h10-13,15,18H,9,14H2,1-8H3. The summed E-state index contributed by atoms with van der Waals surface area (Å²) in [4.78, 5) is 0. The van der Waals surface area contributed by atoms with E-state index in [1.165, 1.54) is 18.4 Å². The minimum Gasteiger partial charge on any atom is -0.488 e. The summed E-state index contributed by atoms with van der Waals surface area (Å²) in [7, 11) is 0. The van der Waals surface area contributed by atoms with Gasteiger partial charge in [-0.3, -0.25) is 0 Å².